The minimum Gasteiger partial charge on any atom is -0.396 e. The van der Waals surface area contributed by atoms with Crippen molar-refractivity contribution in [1.82, 2.24) is 9.80 Å². The molecule has 5 atom stereocenters. The number of anilines is 1. The number of hydrogen-bond donors (Lipinski definition) is 1. The van der Waals surface area contributed by atoms with Crippen LogP contribution < -0.4 is 4.90 Å². The van der Waals surface area contributed by atoms with Gasteiger partial charge in [-0.25, -0.2) is 0 Å². The zero-order chi connectivity index (χ0) is 27.1. The van der Waals surface area contributed by atoms with E-state index in [0.717, 1.165) is 12.8 Å². The molecular formula is C29H36ClN3O5. The van der Waals surface area contributed by atoms with Crippen LogP contribution in [-0.4, -0.2) is 82.7 Å². The number of carbonyl (C=O) groups is 3. The quantitative estimate of drug-likeness (QED) is 0.403. The Morgan fingerprint density at radius 3 is 2.47 bits per heavy atom. The van der Waals surface area contributed by atoms with Crippen molar-refractivity contribution in [2.45, 2.75) is 56.8 Å². The summed E-state index contributed by atoms with van der Waals surface area (Å²) >= 11 is 6.50. The second-order valence-corrected chi connectivity index (χ2v) is 11.2. The number of ether oxygens (including phenoxy) is 1. The summed E-state index contributed by atoms with van der Waals surface area (Å²) in [4.78, 5) is 47.6. The Bertz CT molecular complexity index is 1170. The minimum atomic E-state index is -1.28. The average molecular weight is 542 g/mol. The summed E-state index contributed by atoms with van der Waals surface area (Å²) in [5.41, 5.74) is -1.73. The maximum atomic E-state index is 14.4. The molecule has 0 bridgehead atoms. The highest BCUT2D eigenvalue weighted by atomic mass is 35.5. The van der Waals surface area contributed by atoms with Crippen molar-refractivity contribution < 1.29 is 24.2 Å². The standard InChI is InChI=1S/C29H36ClN3O5/c1-3-15-31-16-9-13-28(2)22(25(31)35)23-26(36)33(17-7-4-8-19-34)24-27(37)32(18-10-14-29(23,24)38-28)21-12-6-5-11-20(21)30/h5-6,9-14,22-24,34H,3-4,7-8,15-19H2,1-2H3/t22-,23+,24?,28+,29+/m1/s1. The SMILES string of the molecule is CCCN1CC=C[C@]2(C)O[C@]34C=CCN(c5ccccc5Cl)C(=O)C3N(CCCCCO)C(=O)[C@@H]4[C@@H]2C1=O. The third-order valence-corrected chi connectivity index (χ3v) is 8.65. The van der Waals surface area contributed by atoms with Gasteiger partial charge in [-0.3, -0.25) is 14.4 Å². The van der Waals surface area contributed by atoms with Crippen LogP contribution in [0.25, 0.3) is 0 Å². The van der Waals surface area contributed by atoms with Gasteiger partial charge in [0.15, 0.2) is 0 Å². The lowest BCUT2D eigenvalue weighted by Gasteiger charge is -2.37. The van der Waals surface area contributed by atoms with Gasteiger partial charge in [0.25, 0.3) is 5.91 Å². The molecule has 0 aliphatic carbocycles. The van der Waals surface area contributed by atoms with Crippen LogP contribution in [0.1, 0.15) is 39.5 Å². The van der Waals surface area contributed by atoms with E-state index in [9.17, 15) is 19.5 Å². The smallest absolute Gasteiger partial charge is 0.253 e. The number of benzene rings is 1. The minimum absolute atomic E-state index is 0.0729. The summed E-state index contributed by atoms with van der Waals surface area (Å²) in [6, 6.07) is 6.23. The summed E-state index contributed by atoms with van der Waals surface area (Å²) in [5, 5.41) is 9.69. The molecule has 1 unspecified atom stereocenters. The summed E-state index contributed by atoms with van der Waals surface area (Å²) < 4.78 is 6.83. The first-order valence-electron chi connectivity index (χ1n) is 13.6. The lowest BCUT2D eigenvalue weighted by atomic mass is 9.74. The predicted octanol–water partition coefficient (Wildman–Crippen LogP) is 3.18. The van der Waals surface area contributed by atoms with Gasteiger partial charge in [0.1, 0.15) is 11.6 Å². The maximum Gasteiger partial charge on any atom is 0.253 e. The van der Waals surface area contributed by atoms with E-state index in [1.54, 1.807) is 26.8 Å². The molecule has 2 fully saturated rings. The Kier molecular flexibility index (Phi) is 7.42. The monoisotopic (exact) mass is 541 g/mol. The fraction of sp³-hybridized carbons (Fsp3) is 0.552. The predicted molar refractivity (Wildman–Crippen MR) is 145 cm³/mol. The topological polar surface area (TPSA) is 90.4 Å². The molecule has 0 aromatic heterocycles. The third-order valence-electron chi connectivity index (χ3n) is 8.33. The zero-order valence-corrected chi connectivity index (χ0v) is 22.8. The van der Waals surface area contributed by atoms with Crippen molar-refractivity contribution in [3.63, 3.8) is 0 Å². The molecule has 38 heavy (non-hydrogen) atoms. The molecule has 1 N–H and O–H groups in total. The van der Waals surface area contributed by atoms with Crippen LogP contribution in [0.3, 0.4) is 0 Å². The van der Waals surface area contributed by atoms with Crippen molar-refractivity contribution in [3.05, 3.63) is 53.6 Å². The van der Waals surface area contributed by atoms with Gasteiger partial charge in [0.2, 0.25) is 11.8 Å². The molecule has 1 aromatic rings. The van der Waals surface area contributed by atoms with E-state index in [1.807, 2.05) is 50.3 Å². The van der Waals surface area contributed by atoms with Gasteiger partial charge in [-0.1, -0.05) is 55.0 Å². The van der Waals surface area contributed by atoms with Crippen molar-refractivity contribution in [1.29, 1.82) is 0 Å². The number of aliphatic hydroxyl groups excluding tert-OH is 1. The largest absolute Gasteiger partial charge is 0.396 e. The molecule has 3 amide bonds. The van der Waals surface area contributed by atoms with Gasteiger partial charge in [-0.2, -0.15) is 0 Å². The maximum absolute atomic E-state index is 14.4. The number of fused-ring (bicyclic) bond motifs is 2. The van der Waals surface area contributed by atoms with E-state index < -0.39 is 29.1 Å². The van der Waals surface area contributed by atoms with Gasteiger partial charge < -0.3 is 24.5 Å². The molecule has 1 aromatic carbocycles. The van der Waals surface area contributed by atoms with E-state index in [0.29, 0.717) is 43.2 Å². The molecule has 5 rings (SSSR count). The van der Waals surface area contributed by atoms with Crippen LogP contribution in [0.5, 0.6) is 0 Å². The molecule has 0 saturated carbocycles. The molecule has 8 nitrogen and oxygen atoms in total. The second kappa shape index (κ2) is 10.5. The highest BCUT2D eigenvalue weighted by molar-refractivity contribution is 6.34. The van der Waals surface area contributed by atoms with Crippen LogP contribution in [-0.2, 0) is 19.1 Å². The lowest BCUT2D eigenvalue weighted by Crippen LogP contribution is -2.56. The number of carbonyl (C=O) groups excluding carboxylic acids is 3. The highest BCUT2D eigenvalue weighted by Gasteiger charge is 2.74. The highest BCUT2D eigenvalue weighted by Crippen LogP contribution is 2.57. The summed E-state index contributed by atoms with van der Waals surface area (Å²) in [5.74, 6) is -2.18. The third kappa shape index (κ3) is 4.17. The lowest BCUT2D eigenvalue weighted by molar-refractivity contribution is -0.148. The number of para-hydroxylation sites is 1. The van der Waals surface area contributed by atoms with Crippen molar-refractivity contribution in [2.75, 3.05) is 37.7 Å². The fourth-order valence-corrected chi connectivity index (χ4v) is 6.98. The number of nitrogens with zero attached hydrogens (tertiary/aromatic N) is 3. The van der Waals surface area contributed by atoms with Gasteiger partial charge in [0.05, 0.1) is 28.1 Å². The first kappa shape index (κ1) is 26.9. The van der Waals surface area contributed by atoms with Crippen molar-refractivity contribution >= 4 is 35.0 Å². The average Bonchev–Trinajstić information content (AvgIpc) is 3.16. The van der Waals surface area contributed by atoms with E-state index >= 15 is 0 Å². The Balaban J connectivity index is 1.60. The summed E-state index contributed by atoms with van der Waals surface area (Å²) in [7, 11) is 0. The molecule has 4 aliphatic rings. The van der Waals surface area contributed by atoms with Crippen LogP contribution >= 0.6 is 11.6 Å². The number of aliphatic hydroxyl groups is 1. The Morgan fingerprint density at radius 2 is 1.74 bits per heavy atom. The van der Waals surface area contributed by atoms with E-state index in [4.69, 9.17) is 16.3 Å². The van der Waals surface area contributed by atoms with Gasteiger partial charge >= 0.3 is 0 Å². The Hall–Kier alpha value is -2.68. The fourth-order valence-electron chi connectivity index (χ4n) is 6.74. The van der Waals surface area contributed by atoms with Crippen molar-refractivity contribution in [2.24, 2.45) is 11.8 Å². The molecule has 2 saturated heterocycles. The van der Waals surface area contributed by atoms with Crippen LogP contribution in [0, 0.1) is 11.8 Å². The normalized spacial score (nSPS) is 32.4. The van der Waals surface area contributed by atoms with Crippen LogP contribution in [0.4, 0.5) is 5.69 Å². The van der Waals surface area contributed by atoms with Gasteiger partial charge in [-0.15, -0.1) is 0 Å². The zero-order valence-electron chi connectivity index (χ0n) is 22.0. The summed E-state index contributed by atoms with van der Waals surface area (Å²) in [6.45, 7) is 5.63. The van der Waals surface area contributed by atoms with E-state index in [2.05, 4.69) is 0 Å². The Morgan fingerprint density at radius 1 is 0.974 bits per heavy atom. The van der Waals surface area contributed by atoms with E-state index in [1.165, 1.54) is 0 Å². The second-order valence-electron chi connectivity index (χ2n) is 10.8. The van der Waals surface area contributed by atoms with Crippen LogP contribution in [0.2, 0.25) is 5.02 Å². The van der Waals surface area contributed by atoms with Gasteiger partial charge in [-0.05, 0) is 44.7 Å². The number of likely N-dealkylation sites (tertiary alicyclic amines) is 1. The number of rotatable bonds is 8. The number of amides is 3. The molecule has 4 heterocycles. The molecule has 204 valence electrons. The number of unbranched alkanes of at least 4 members (excludes halogenated alkanes) is 2. The number of halogens is 1. The first-order valence-corrected chi connectivity index (χ1v) is 14.0. The molecule has 4 aliphatic heterocycles. The van der Waals surface area contributed by atoms with Crippen LogP contribution in [0.15, 0.2) is 48.6 Å². The first-order chi connectivity index (χ1) is 18.3. The molecule has 9 heteroatoms. The molecular weight excluding hydrogens is 506 g/mol. The number of hydrogen-bond acceptors (Lipinski definition) is 5. The van der Waals surface area contributed by atoms with Gasteiger partial charge in [0, 0.05) is 32.8 Å². The van der Waals surface area contributed by atoms with Crippen molar-refractivity contribution in [3.8, 4) is 0 Å². The molecule has 0 radical (unpaired) electrons. The van der Waals surface area contributed by atoms with E-state index in [-0.39, 0.29) is 30.9 Å². The molecule has 1 spiro atoms. The summed E-state index contributed by atoms with van der Waals surface area (Å²) in [6.07, 6.45) is 10.3. The Labute approximate surface area is 228 Å².